The number of esters is 1. The van der Waals surface area contributed by atoms with Crippen molar-refractivity contribution in [3.8, 4) is 10.6 Å². The Kier molecular flexibility index (Phi) is 11.0. The van der Waals surface area contributed by atoms with Crippen LogP contribution in [0.4, 0.5) is 4.79 Å². The summed E-state index contributed by atoms with van der Waals surface area (Å²) in [7, 11) is 2.91. The van der Waals surface area contributed by atoms with Crippen LogP contribution in [-0.4, -0.2) is 83.8 Å². The first kappa shape index (κ1) is 33.0. The van der Waals surface area contributed by atoms with E-state index in [-0.39, 0.29) is 31.2 Å². The molecular weight excluding hydrogens is 592 g/mol. The van der Waals surface area contributed by atoms with E-state index in [1.807, 2.05) is 30.3 Å². The Morgan fingerprint density at radius 2 is 1.84 bits per heavy atom. The van der Waals surface area contributed by atoms with Crippen LogP contribution in [0.1, 0.15) is 60.5 Å². The SMILES string of the molecule is CCOC(=O)c1csc(-c2ccc(C(OC)OC)nc2C(CO)NC(=O)[C@@H]2COC(C)(C)N2C(=O)OCc2ccccc2)n1. The number of benzene rings is 1. The molecule has 14 heteroatoms. The number of amides is 2. The normalized spacial score (nSPS) is 16.5. The molecule has 1 aliphatic rings. The van der Waals surface area contributed by atoms with Crippen molar-refractivity contribution in [3.05, 3.63) is 70.5 Å². The molecule has 4 rings (SSSR count). The van der Waals surface area contributed by atoms with Gasteiger partial charge in [-0.2, -0.15) is 0 Å². The van der Waals surface area contributed by atoms with Gasteiger partial charge in [0.2, 0.25) is 12.2 Å². The van der Waals surface area contributed by atoms with Gasteiger partial charge >= 0.3 is 12.1 Å². The predicted octanol–water partition coefficient (Wildman–Crippen LogP) is 3.60. The number of pyridine rings is 1. The molecule has 1 unspecified atom stereocenters. The largest absolute Gasteiger partial charge is 0.461 e. The van der Waals surface area contributed by atoms with Crippen LogP contribution in [0.2, 0.25) is 0 Å². The Morgan fingerprint density at radius 1 is 1.11 bits per heavy atom. The molecule has 1 saturated heterocycles. The highest BCUT2D eigenvalue weighted by molar-refractivity contribution is 7.13. The van der Waals surface area contributed by atoms with Gasteiger partial charge in [-0.3, -0.25) is 9.69 Å². The summed E-state index contributed by atoms with van der Waals surface area (Å²) in [5, 5.41) is 15.3. The molecule has 2 N–H and O–H groups in total. The first-order valence-corrected chi connectivity index (χ1v) is 14.8. The van der Waals surface area contributed by atoms with Crippen molar-refractivity contribution in [2.24, 2.45) is 0 Å². The van der Waals surface area contributed by atoms with E-state index in [1.165, 1.54) is 30.5 Å². The lowest BCUT2D eigenvalue weighted by molar-refractivity contribution is -0.127. The minimum absolute atomic E-state index is 0.0156. The number of aliphatic hydroxyl groups excluding tert-OH is 1. The number of nitrogens with zero attached hydrogens (tertiary/aromatic N) is 3. The summed E-state index contributed by atoms with van der Waals surface area (Å²) >= 11 is 1.18. The van der Waals surface area contributed by atoms with E-state index in [4.69, 9.17) is 23.7 Å². The summed E-state index contributed by atoms with van der Waals surface area (Å²) in [5.74, 6) is -1.17. The summed E-state index contributed by atoms with van der Waals surface area (Å²) in [6, 6.07) is 10.4. The van der Waals surface area contributed by atoms with Crippen LogP contribution in [0, 0.1) is 0 Å². The molecule has 1 aliphatic heterocycles. The number of rotatable bonds is 12. The number of hydrogen-bond donors (Lipinski definition) is 2. The standard InChI is InChI=1S/C30H36N4O9S/c1-6-41-27(37)22-17-44-26(33-22)19-12-13-20(28(39-4)40-5)31-24(19)21(14-35)32-25(36)23-16-43-30(2,3)34(23)29(38)42-15-18-10-8-7-9-11-18/h7-13,17,21,23,28,35H,6,14-16H2,1-5H3,(H,32,36)/t21?,23-/m0/s1. The Balaban J connectivity index is 1.62. The van der Waals surface area contributed by atoms with Gasteiger partial charge in [0, 0.05) is 25.2 Å². The molecule has 0 saturated carbocycles. The Bertz CT molecular complexity index is 1450. The van der Waals surface area contributed by atoms with E-state index in [9.17, 15) is 19.5 Å². The summed E-state index contributed by atoms with van der Waals surface area (Å²) < 4.78 is 27.1. The van der Waals surface area contributed by atoms with Gasteiger partial charge in [-0.15, -0.1) is 11.3 Å². The summed E-state index contributed by atoms with van der Waals surface area (Å²) in [5.41, 5.74) is 0.855. The van der Waals surface area contributed by atoms with Crippen molar-refractivity contribution in [2.75, 3.05) is 34.0 Å². The van der Waals surface area contributed by atoms with Gasteiger partial charge in [-0.05, 0) is 38.5 Å². The lowest BCUT2D eigenvalue weighted by Gasteiger charge is -2.32. The van der Waals surface area contributed by atoms with Crippen molar-refractivity contribution in [1.82, 2.24) is 20.2 Å². The Morgan fingerprint density at radius 3 is 2.50 bits per heavy atom. The van der Waals surface area contributed by atoms with Crippen molar-refractivity contribution in [1.29, 1.82) is 0 Å². The molecule has 2 amide bonds. The fourth-order valence-corrected chi connectivity index (χ4v) is 5.52. The fourth-order valence-electron chi connectivity index (χ4n) is 4.70. The molecule has 2 aromatic heterocycles. The zero-order valence-electron chi connectivity index (χ0n) is 25.1. The number of thiazole rings is 1. The number of ether oxygens (including phenoxy) is 5. The maximum absolute atomic E-state index is 13.7. The summed E-state index contributed by atoms with van der Waals surface area (Å²) in [6.45, 7) is 4.59. The molecular formula is C30H36N4O9S. The van der Waals surface area contributed by atoms with Crippen LogP contribution < -0.4 is 5.32 Å². The molecule has 0 spiro atoms. The van der Waals surface area contributed by atoms with Crippen molar-refractivity contribution >= 4 is 29.3 Å². The second-order valence-corrected chi connectivity index (χ2v) is 11.0. The summed E-state index contributed by atoms with van der Waals surface area (Å²) in [6.07, 6.45) is -1.56. The molecule has 1 fully saturated rings. The van der Waals surface area contributed by atoms with E-state index in [2.05, 4.69) is 15.3 Å². The third-order valence-corrected chi connectivity index (χ3v) is 7.73. The molecule has 44 heavy (non-hydrogen) atoms. The second-order valence-electron chi connectivity index (χ2n) is 10.2. The maximum atomic E-state index is 13.7. The van der Waals surface area contributed by atoms with Gasteiger partial charge in [0.05, 0.1) is 37.3 Å². The van der Waals surface area contributed by atoms with E-state index in [0.29, 0.717) is 16.3 Å². The van der Waals surface area contributed by atoms with Crippen LogP contribution in [0.5, 0.6) is 0 Å². The van der Waals surface area contributed by atoms with E-state index in [0.717, 1.165) is 5.56 Å². The Hall–Kier alpha value is -3.95. The van der Waals surface area contributed by atoms with Crippen LogP contribution >= 0.6 is 11.3 Å². The number of carbonyl (C=O) groups excluding carboxylic acids is 3. The third kappa shape index (κ3) is 7.39. The van der Waals surface area contributed by atoms with Crippen LogP contribution in [0.25, 0.3) is 10.6 Å². The number of methoxy groups -OCH3 is 2. The van der Waals surface area contributed by atoms with Gasteiger partial charge < -0.3 is 34.1 Å². The average molecular weight is 629 g/mol. The second kappa shape index (κ2) is 14.7. The smallest absolute Gasteiger partial charge is 0.413 e. The van der Waals surface area contributed by atoms with E-state index < -0.39 is 48.7 Å². The molecule has 1 aromatic carbocycles. The summed E-state index contributed by atoms with van der Waals surface area (Å²) in [4.78, 5) is 49.5. The third-order valence-electron chi connectivity index (χ3n) is 6.85. The highest BCUT2D eigenvalue weighted by Crippen LogP contribution is 2.33. The lowest BCUT2D eigenvalue weighted by atomic mass is 10.1. The van der Waals surface area contributed by atoms with Gasteiger partial charge in [0.1, 0.15) is 23.4 Å². The lowest BCUT2D eigenvalue weighted by Crippen LogP contribution is -2.54. The number of nitrogens with one attached hydrogen (secondary N) is 1. The first-order valence-electron chi connectivity index (χ1n) is 13.9. The zero-order chi connectivity index (χ0) is 31.9. The number of hydrogen-bond acceptors (Lipinski definition) is 12. The molecule has 13 nitrogen and oxygen atoms in total. The highest BCUT2D eigenvalue weighted by Gasteiger charge is 2.48. The van der Waals surface area contributed by atoms with Crippen LogP contribution in [-0.2, 0) is 35.1 Å². The van der Waals surface area contributed by atoms with Gasteiger partial charge in [-0.25, -0.2) is 19.6 Å². The topological polar surface area (TPSA) is 159 Å². The molecule has 0 radical (unpaired) electrons. The maximum Gasteiger partial charge on any atom is 0.413 e. The predicted molar refractivity (Wildman–Crippen MR) is 158 cm³/mol. The highest BCUT2D eigenvalue weighted by atomic mass is 32.1. The monoisotopic (exact) mass is 628 g/mol. The minimum Gasteiger partial charge on any atom is -0.461 e. The molecule has 2 atom stereocenters. The van der Waals surface area contributed by atoms with Crippen molar-refractivity contribution in [2.45, 2.75) is 51.5 Å². The van der Waals surface area contributed by atoms with Crippen LogP contribution in [0.15, 0.2) is 47.8 Å². The quantitative estimate of drug-likeness (QED) is 0.223. The molecule has 3 heterocycles. The number of aromatic nitrogens is 2. The van der Waals surface area contributed by atoms with Gasteiger partial charge in [-0.1, -0.05) is 30.3 Å². The van der Waals surface area contributed by atoms with E-state index in [1.54, 1.807) is 38.3 Å². The van der Waals surface area contributed by atoms with E-state index >= 15 is 0 Å². The van der Waals surface area contributed by atoms with Gasteiger partial charge in [0.25, 0.3) is 0 Å². The fraction of sp³-hybridized carbons (Fsp3) is 0.433. The molecule has 0 bridgehead atoms. The number of carbonyl (C=O) groups is 3. The average Bonchev–Trinajstić information content (AvgIpc) is 3.64. The van der Waals surface area contributed by atoms with Crippen molar-refractivity contribution < 1.29 is 43.2 Å². The first-order chi connectivity index (χ1) is 21.1. The van der Waals surface area contributed by atoms with Crippen LogP contribution in [0.3, 0.4) is 0 Å². The molecule has 236 valence electrons. The van der Waals surface area contributed by atoms with Crippen molar-refractivity contribution in [3.63, 3.8) is 0 Å². The van der Waals surface area contributed by atoms with Gasteiger partial charge in [0.15, 0.2) is 5.69 Å². The minimum atomic E-state index is -1.14. The number of aliphatic hydroxyl groups is 1. The molecule has 3 aromatic rings. The Labute approximate surface area is 259 Å². The zero-order valence-corrected chi connectivity index (χ0v) is 26.0. The molecule has 0 aliphatic carbocycles.